The Bertz CT molecular complexity index is 1370. The van der Waals surface area contributed by atoms with Gasteiger partial charge in [-0.15, -0.1) is 0 Å². The van der Waals surface area contributed by atoms with Crippen LogP contribution in [0.25, 0.3) is 16.6 Å². The van der Waals surface area contributed by atoms with Gasteiger partial charge in [-0.1, -0.05) is 29.8 Å². The van der Waals surface area contributed by atoms with E-state index in [2.05, 4.69) is 10.2 Å². The highest BCUT2D eigenvalue weighted by Gasteiger charge is 2.28. The molecule has 9 heteroatoms. The molecule has 0 radical (unpaired) electrons. The van der Waals surface area contributed by atoms with Gasteiger partial charge < -0.3 is 19.4 Å². The molecular weight excluding hydrogens is 506 g/mol. The molecule has 1 amide bonds. The average molecular weight is 540 g/mol. The van der Waals surface area contributed by atoms with Crippen molar-refractivity contribution in [2.75, 3.05) is 26.9 Å². The van der Waals surface area contributed by atoms with Gasteiger partial charge >= 0.3 is 5.97 Å². The molecule has 0 spiro atoms. The number of piperidine rings is 1. The van der Waals surface area contributed by atoms with Crippen LogP contribution in [-0.2, 0) is 20.8 Å². The molecule has 4 rings (SSSR count). The summed E-state index contributed by atoms with van der Waals surface area (Å²) >= 11 is 6.28. The van der Waals surface area contributed by atoms with Crippen molar-refractivity contribution in [2.45, 2.75) is 45.8 Å². The molecule has 1 saturated heterocycles. The van der Waals surface area contributed by atoms with E-state index in [-0.39, 0.29) is 40.7 Å². The molecule has 2 aromatic carbocycles. The third kappa shape index (κ3) is 6.26. The minimum Gasteiger partial charge on any atom is -0.464 e. The molecule has 0 aliphatic carbocycles. The van der Waals surface area contributed by atoms with Crippen molar-refractivity contribution >= 4 is 34.4 Å². The number of carbonyl (C=O) groups is 2. The minimum atomic E-state index is -0.677. The van der Waals surface area contributed by atoms with Crippen LogP contribution in [0.5, 0.6) is 0 Å². The van der Waals surface area contributed by atoms with Crippen LogP contribution in [0.1, 0.15) is 49.7 Å². The van der Waals surface area contributed by atoms with Crippen molar-refractivity contribution < 1.29 is 19.1 Å². The molecule has 3 aromatic rings. The standard InChI is InChI=1S/C29H34ClN3O5/c1-29(2,3)38-18-32-14-12-19(13-15-32)27(35)31-17-23-25(28(36)37-4)33(21-8-6-5-7-9-21)24-16-20(30)10-11-22(24)26(23)34/h5-11,16,19H,12-15,17-18H2,1-4H3,(H,31,35). The van der Waals surface area contributed by atoms with Gasteiger partial charge in [-0.05, 0) is 63.9 Å². The summed E-state index contributed by atoms with van der Waals surface area (Å²) in [6.07, 6.45) is 1.38. The molecule has 1 N–H and O–H groups in total. The zero-order valence-electron chi connectivity index (χ0n) is 22.3. The fourth-order valence-electron chi connectivity index (χ4n) is 4.66. The van der Waals surface area contributed by atoms with Crippen LogP contribution >= 0.6 is 11.6 Å². The molecule has 1 aliphatic heterocycles. The number of ether oxygens (including phenoxy) is 2. The number of para-hydroxylation sites is 1. The summed E-state index contributed by atoms with van der Waals surface area (Å²) in [5, 5.41) is 3.74. The van der Waals surface area contributed by atoms with Gasteiger partial charge in [0, 0.05) is 41.6 Å². The van der Waals surface area contributed by atoms with E-state index in [1.54, 1.807) is 22.8 Å². The number of esters is 1. The first-order valence-corrected chi connectivity index (χ1v) is 13.1. The second-order valence-corrected chi connectivity index (χ2v) is 10.9. The van der Waals surface area contributed by atoms with Crippen LogP contribution in [0.15, 0.2) is 53.3 Å². The monoisotopic (exact) mass is 539 g/mol. The summed E-state index contributed by atoms with van der Waals surface area (Å²) in [6.45, 7) is 7.98. The molecule has 1 aromatic heterocycles. The third-order valence-corrected chi connectivity index (χ3v) is 6.93. The number of halogens is 1. The van der Waals surface area contributed by atoms with Gasteiger partial charge in [0.1, 0.15) is 5.69 Å². The fourth-order valence-corrected chi connectivity index (χ4v) is 4.82. The van der Waals surface area contributed by atoms with E-state index in [1.807, 2.05) is 51.1 Å². The molecule has 8 nitrogen and oxygen atoms in total. The molecule has 2 heterocycles. The molecule has 1 aliphatic rings. The molecule has 0 atom stereocenters. The SMILES string of the molecule is COC(=O)c1c(CNC(=O)C2CCN(COC(C)(C)C)CC2)c(=O)c2ccc(Cl)cc2n1-c1ccccc1. The number of hydrogen-bond donors (Lipinski definition) is 1. The molecule has 0 bridgehead atoms. The number of methoxy groups -OCH3 is 1. The van der Waals surface area contributed by atoms with Gasteiger partial charge in [0.05, 0.1) is 30.5 Å². The predicted molar refractivity (Wildman–Crippen MR) is 148 cm³/mol. The highest BCUT2D eigenvalue weighted by Crippen LogP contribution is 2.26. The van der Waals surface area contributed by atoms with Crippen molar-refractivity contribution in [3.8, 4) is 5.69 Å². The predicted octanol–water partition coefficient (Wildman–Crippen LogP) is 4.53. The zero-order valence-corrected chi connectivity index (χ0v) is 23.0. The highest BCUT2D eigenvalue weighted by atomic mass is 35.5. The first-order chi connectivity index (χ1) is 18.1. The lowest BCUT2D eigenvalue weighted by atomic mass is 9.96. The number of pyridine rings is 1. The first-order valence-electron chi connectivity index (χ1n) is 12.7. The van der Waals surface area contributed by atoms with Gasteiger partial charge in [-0.3, -0.25) is 14.5 Å². The number of aromatic nitrogens is 1. The minimum absolute atomic E-state index is 0.0629. The van der Waals surface area contributed by atoms with Crippen LogP contribution in [0.3, 0.4) is 0 Å². The summed E-state index contributed by atoms with van der Waals surface area (Å²) in [7, 11) is 1.27. The lowest BCUT2D eigenvalue weighted by Crippen LogP contribution is -2.42. The van der Waals surface area contributed by atoms with Crippen molar-refractivity contribution in [2.24, 2.45) is 5.92 Å². The quantitative estimate of drug-likeness (QED) is 0.444. The summed E-state index contributed by atoms with van der Waals surface area (Å²) in [6, 6.07) is 14.1. The van der Waals surface area contributed by atoms with E-state index in [0.29, 0.717) is 41.2 Å². The van der Waals surface area contributed by atoms with E-state index >= 15 is 0 Å². The molecule has 0 saturated carbocycles. The Morgan fingerprint density at radius 2 is 1.76 bits per heavy atom. The van der Waals surface area contributed by atoms with E-state index < -0.39 is 5.97 Å². The fraction of sp³-hybridized carbons (Fsp3) is 0.414. The van der Waals surface area contributed by atoms with Crippen LogP contribution in [-0.4, -0.2) is 53.9 Å². The maximum atomic E-state index is 13.6. The number of benzene rings is 2. The Morgan fingerprint density at radius 1 is 1.08 bits per heavy atom. The second-order valence-electron chi connectivity index (χ2n) is 10.5. The summed E-state index contributed by atoms with van der Waals surface area (Å²) in [4.78, 5) is 42.0. The van der Waals surface area contributed by atoms with Gasteiger partial charge in [-0.2, -0.15) is 0 Å². The van der Waals surface area contributed by atoms with Crippen LogP contribution in [0.2, 0.25) is 5.02 Å². The van der Waals surface area contributed by atoms with Crippen LogP contribution in [0.4, 0.5) is 0 Å². The van der Waals surface area contributed by atoms with Crippen molar-refractivity contribution in [3.05, 3.63) is 75.0 Å². The first kappa shape index (κ1) is 27.8. The third-order valence-electron chi connectivity index (χ3n) is 6.70. The van der Waals surface area contributed by atoms with Crippen molar-refractivity contribution in [1.29, 1.82) is 0 Å². The van der Waals surface area contributed by atoms with Gasteiger partial charge in [0.2, 0.25) is 5.91 Å². The number of nitrogens with zero attached hydrogens (tertiary/aromatic N) is 2. The van der Waals surface area contributed by atoms with Crippen molar-refractivity contribution in [1.82, 2.24) is 14.8 Å². The summed E-state index contributed by atoms with van der Waals surface area (Å²) in [5.41, 5.74) is 0.807. The van der Waals surface area contributed by atoms with E-state index in [0.717, 1.165) is 13.1 Å². The summed E-state index contributed by atoms with van der Waals surface area (Å²) in [5.74, 6) is -0.999. The number of likely N-dealkylation sites (tertiary alicyclic amines) is 1. The Labute approximate surface area is 227 Å². The Kier molecular flexibility index (Phi) is 8.55. The summed E-state index contributed by atoms with van der Waals surface area (Å²) < 4.78 is 12.6. The lowest BCUT2D eigenvalue weighted by molar-refractivity contribution is -0.128. The number of fused-ring (bicyclic) bond motifs is 1. The number of nitrogens with one attached hydrogen (secondary N) is 1. The number of carbonyl (C=O) groups excluding carboxylic acids is 2. The molecule has 202 valence electrons. The lowest BCUT2D eigenvalue weighted by Gasteiger charge is -2.33. The smallest absolute Gasteiger partial charge is 0.355 e. The van der Waals surface area contributed by atoms with Gasteiger partial charge in [0.15, 0.2) is 5.43 Å². The molecule has 1 fully saturated rings. The topological polar surface area (TPSA) is 89.9 Å². The highest BCUT2D eigenvalue weighted by molar-refractivity contribution is 6.31. The van der Waals surface area contributed by atoms with E-state index in [4.69, 9.17) is 21.1 Å². The van der Waals surface area contributed by atoms with Gasteiger partial charge in [0.25, 0.3) is 0 Å². The molecule has 0 unspecified atom stereocenters. The van der Waals surface area contributed by atoms with E-state index in [9.17, 15) is 14.4 Å². The number of hydrogen-bond acceptors (Lipinski definition) is 6. The van der Waals surface area contributed by atoms with E-state index in [1.165, 1.54) is 7.11 Å². The zero-order chi connectivity index (χ0) is 27.4. The number of rotatable bonds is 7. The van der Waals surface area contributed by atoms with Gasteiger partial charge in [-0.25, -0.2) is 4.79 Å². The maximum absolute atomic E-state index is 13.6. The normalized spacial score (nSPS) is 15.0. The van der Waals surface area contributed by atoms with Crippen molar-refractivity contribution in [3.63, 3.8) is 0 Å². The Morgan fingerprint density at radius 3 is 2.39 bits per heavy atom. The maximum Gasteiger partial charge on any atom is 0.355 e. The van der Waals surface area contributed by atoms with Crippen LogP contribution < -0.4 is 10.7 Å². The van der Waals surface area contributed by atoms with Crippen LogP contribution in [0, 0.1) is 5.92 Å². The average Bonchev–Trinajstić information content (AvgIpc) is 2.90. The molecular formula is C29H34ClN3O5. The second kappa shape index (κ2) is 11.7. The number of amides is 1. The Balaban J connectivity index is 1.63. The molecule has 38 heavy (non-hydrogen) atoms. The Hall–Kier alpha value is -3.20. The largest absolute Gasteiger partial charge is 0.464 e.